The zero-order chi connectivity index (χ0) is 27.0. The number of rotatable bonds is 4. The summed E-state index contributed by atoms with van der Waals surface area (Å²) in [5.74, 6) is 3.48. The Morgan fingerprint density at radius 1 is 0.463 bits per heavy atom. The molecule has 1 N–H and O–H groups in total. The van der Waals surface area contributed by atoms with Crippen molar-refractivity contribution < 1.29 is 0 Å². The van der Waals surface area contributed by atoms with Crippen LogP contribution in [0, 0.1) is 23.7 Å². The van der Waals surface area contributed by atoms with Crippen molar-refractivity contribution in [2.45, 2.75) is 37.5 Å². The summed E-state index contributed by atoms with van der Waals surface area (Å²) >= 11 is 0. The van der Waals surface area contributed by atoms with Crippen molar-refractivity contribution in [2.24, 2.45) is 23.7 Å². The van der Waals surface area contributed by atoms with Crippen molar-refractivity contribution >= 4 is 11.4 Å². The van der Waals surface area contributed by atoms with Gasteiger partial charge in [-0.25, -0.2) is 0 Å². The molecule has 1 heteroatoms. The van der Waals surface area contributed by atoms with Gasteiger partial charge in [0.05, 0.1) is 0 Å². The molecule has 1 spiro atoms. The first-order valence-electron chi connectivity index (χ1n) is 15.5. The first kappa shape index (κ1) is 23.6. The van der Waals surface area contributed by atoms with E-state index in [0.717, 1.165) is 29.4 Å². The Labute approximate surface area is 243 Å². The second-order valence-corrected chi connectivity index (χ2v) is 13.1. The molecule has 5 aliphatic carbocycles. The van der Waals surface area contributed by atoms with E-state index in [1.807, 2.05) is 0 Å². The van der Waals surface area contributed by atoms with Crippen LogP contribution in [-0.2, 0) is 5.41 Å². The lowest BCUT2D eigenvalue weighted by Crippen LogP contribution is -2.55. The van der Waals surface area contributed by atoms with E-state index in [9.17, 15) is 0 Å². The van der Waals surface area contributed by atoms with Gasteiger partial charge in [-0.1, -0.05) is 103 Å². The average molecular weight is 530 g/mol. The fourth-order valence-electron chi connectivity index (χ4n) is 9.79. The molecule has 5 aliphatic rings. The van der Waals surface area contributed by atoms with E-state index in [4.69, 9.17) is 0 Å². The maximum absolute atomic E-state index is 3.98. The van der Waals surface area contributed by atoms with Crippen molar-refractivity contribution in [3.05, 3.63) is 132 Å². The summed E-state index contributed by atoms with van der Waals surface area (Å²) in [6.07, 6.45) is 7.15. The molecular formula is C40H35N. The van der Waals surface area contributed by atoms with Crippen LogP contribution in [0.3, 0.4) is 0 Å². The van der Waals surface area contributed by atoms with E-state index in [-0.39, 0.29) is 5.41 Å². The number of anilines is 2. The van der Waals surface area contributed by atoms with Crippen LogP contribution in [0.5, 0.6) is 0 Å². The third-order valence-electron chi connectivity index (χ3n) is 11.1. The summed E-state index contributed by atoms with van der Waals surface area (Å²) in [4.78, 5) is 0. The van der Waals surface area contributed by atoms with Crippen molar-refractivity contribution in [3.8, 4) is 33.4 Å². The van der Waals surface area contributed by atoms with Gasteiger partial charge in [0.15, 0.2) is 0 Å². The molecule has 10 rings (SSSR count). The molecule has 200 valence electrons. The molecule has 4 saturated carbocycles. The number of hydrogen-bond acceptors (Lipinski definition) is 1. The first-order chi connectivity index (χ1) is 20.3. The lowest BCUT2D eigenvalue weighted by molar-refractivity contribution is -0.0399. The molecule has 4 fully saturated rings. The molecule has 0 aliphatic heterocycles. The highest BCUT2D eigenvalue weighted by Gasteiger charge is 2.61. The number of para-hydroxylation sites is 1. The molecule has 0 heterocycles. The van der Waals surface area contributed by atoms with E-state index >= 15 is 0 Å². The van der Waals surface area contributed by atoms with Gasteiger partial charge in [0.2, 0.25) is 0 Å². The minimum Gasteiger partial charge on any atom is -0.355 e. The zero-order valence-electron chi connectivity index (χ0n) is 23.4. The standard InChI is InChI=1S/C40H35N/c1-2-10-28(11-3-1)29-12-8-13-30(25-29)33-14-5-7-18-37(33)41-38-19-9-17-36-39(38)34-15-4-6-16-35(34)40(36)31-21-26-20-27(23-31)24-32(40)22-26/h1-19,25-27,31-32,41H,20-24H2. The van der Waals surface area contributed by atoms with Crippen LogP contribution >= 0.6 is 0 Å². The van der Waals surface area contributed by atoms with Gasteiger partial charge in [0.1, 0.15) is 0 Å². The summed E-state index contributed by atoms with van der Waals surface area (Å²) in [7, 11) is 0. The van der Waals surface area contributed by atoms with E-state index in [1.54, 1.807) is 11.1 Å². The van der Waals surface area contributed by atoms with Gasteiger partial charge in [-0.05, 0) is 107 Å². The molecule has 0 atom stereocenters. The van der Waals surface area contributed by atoms with Crippen LogP contribution in [0.15, 0.2) is 121 Å². The Hall–Kier alpha value is -4.10. The lowest BCUT2D eigenvalue weighted by atomic mass is 9.43. The Morgan fingerprint density at radius 3 is 1.85 bits per heavy atom. The number of nitrogens with one attached hydrogen (secondary N) is 1. The number of benzene rings is 5. The van der Waals surface area contributed by atoms with Crippen LogP contribution < -0.4 is 5.32 Å². The van der Waals surface area contributed by atoms with Gasteiger partial charge in [-0.2, -0.15) is 0 Å². The minimum absolute atomic E-state index is 0.195. The van der Waals surface area contributed by atoms with Crippen LogP contribution in [-0.4, -0.2) is 0 Å². The van der Waals surface area contributed by atoms with Crippen molar-refractivity contribution in [1.29, 1.82) is 0 Å². The summed E-state index contributed by atoms with van der Waals surface area (Å²) in [5.41, 5.74) is 13.7. The van der Waals surface area contributed by atoms with Crippen LogP contribution in [0.4, 0.5) is 11.4 Å². The molecular weight excluding hydrogens is 494 g/mol. The first-order valence-corrected chi connectivity index (χ1v) is 15.5. The lowest BCUT2D eigenvalue weighted by Gasteiger charge is -2.61. The molecule has 0 aromatic heterocycles. The third kappa shape index (κ3) is 3.42. The molecule has 41 heavy (non-hydrogen) atoms. The van der Waals surface area contributed by atoms with Crippen molar-refractivity contribution in [2.75, 3.05) is 5.32 Å². The largest absolute Gasteiger partial charge is 0.355 e. The minimum atomic E-state index is 0.195. The molecule has 4 bridgehead atoms. The predicted octanol–water partition coefficient (Wildman–Crippen LogP) is 10.5. The molecule has 0 amide bonds. The van der Waals surface area contributed by atoms with E-state index in [2.05, 4.69) is 127 Å². The molecule has 5 aromatic rings. The fraction of sp³-hybridized carbons (Fsp3) is 0.250. The predicted molar refractivity (Wildman–Crippen MR) is 170 cm³/mol. The molecule has 0 radical (unpaired) electrons. The zero-order valence-corrected chi connectivity index (χ0v) is 23.4. The maximum atomic E-state index is 3.98. The van der Waals surface area contributed by atoms with E-state index < -0.39 is 0 Å². The highest BCUT2D eigenvalue weighted by atomic mass is 14.9. The van der Waals surface area contributed by atoms with Gasteiger partial charge in [-0.3, -0.25) is 0 Å². The number of fused-ring (bicyclic) bond motifs is 3. The van der Waals surface area contributed by atoms with E-state index in [1.165, 1.54) is 71.2 Å². The Morgan fingerprint density at radius 2 is 1.05 bits per heavy atom. The van der Waals surface area contributed by atoms with Gasteiger partial charge >= 0.3 is 0 Å². The highest BCUT2D eigenvalue weighted by molar-refractivity contribution is 5.94. The molecule has 0 saturated heterocycles. The van der Waals surface area contributed by atoms with Crippen molar-refractivity contribution in [1.82, 2.24) is 0 Å². The van der Waals surface area contributed by atoms with Gasteiger partial charge in [0.25, 0.3) is 0 Å². The highest BCUT2D eigenvalue weighted by Crippen LogP contribution is 2.70. The SMILES string of the molecule is c1ccc(-c2cccc(-c3ccccc3Nc3cccc4c3-c3ccccc3C43C4CC5CC(C4)CC3C5)c2)cc1. The third-order valence-corrected chi connectivity index (χ3v) is 11.1. The monoisotopic (exact) mass is 529 g/mol. The number of hydrogen-bond donors (Lipinski definition) is 1. The van der Waals surface area contributed by atoms with E-state index in [0.29, 0.717) is 0 Å². The summed E-state index contributed by atoms with van der Waals surface area (Å²) in [6.45, 7) is 0. The van der Waals surface area contributed by atoms with Gasteiger partial charge in [0, 0.05) is 27.9 Å². The molecule has 5 aromatic carbocycles. The topological polar surface area (TPSA) is 12.0 Å². The Balaban J connectivity index is 1.17. The van der Waals surface area contributed by atoms with Crippen molar-refractivity contribution in [3.63, 3.8) is 0 Å². The summed E-state index contributed by atoms with van der Waals surface area (Å²) in [5, 5.41) is 3.98. The van der Waals surface area contributed by atoms with Gasteiger partial charge in [-0.15, -0.1) is 0 Å². The van der Waals surface area contributed by atoms with Crippen LogP contribution in [0.2, 0.25) is 0 Å². The normalized spacial score (nSPS) is 26.6. The Kier molecular flexibility index (Phi) is 5.15. The molecule has 1 nitrogen and oxygen atoms in total. The second-order valence-electron chi connectivity index (χ2n) is 13.1. The average Bonchev–Trinajstić information content (AvgIpc) is 3.32. The second kappa shape index (κ2) is 8.95. The quantitative estimate of drug-likeness (QED) is 0.244. The van der Waals surface area contributed by atoms with Crippen LogP contribution in [0.1, 0.15) is 43.2 Å². The van der Waals surface area contributed by atoms with Crippen LogP contribution in [0.25, 0.3) is 33.4 Å². The maximum Gasteiger partial charge on any atom is 0.0467 e. The smallest absolute Gasteiger partial charge is 0.0467 e. The summed E-state index contributed by atoms with van der Waals surface area (Å²) < 4.78 is 0. The Bertz CT molecular complexity index is 1750. The van der Waals surface area contributed by atoms with Gasteiger partial charge < -0.3 is 5.32 Å². The molecule has 0 unspecified atom stereocenters. The summed E-state index contributed by atoms with van der Waals surface area (Å²) in [6, 6.07) is 45.0. The fourth-order valence-corrected chi connectivity index (χ4v) is 9.79.